The van der Waals surface area contributed by atoms with Crippen molar-refractivity contribution in [1.82, 2.24) is 15.5 Å². The number of likely N-dealkylation sites (tertiary alicyclic amines) is 1. The van der Waals surface area contributed by atoms with Crippen LogP contribution in [0.5, 0.6) is 0 Å². The molecule has 0 spiro atoms. The van der Waals surface area contributed by atoms with Crippen molar-refractivity contribution < 1.29 is 48.3 Å². The van der Waals surface area contributed by atoms with Gasteiger partial charge in [0.1, 0.15) is 41.8 Å². The maximum Gasteiger partial charge on any atom is 0.414 e. The first kappa shape index (κ1) is 41.3. The lowest BCUT2D eigenvalue weighted by molar-refractivity contribution is -0.205. The number of anilines is 2. The van der Waals surface area contributed by atoms with Crippen molar-refractivity contribution in [2.45, 2.75) is 93.5 Å². The molecule has 4 aliphatic rings. The summed E-state index contributed by atoms with van der Waals surface area (Å²) < 4.78 is 30.7. The highest BCUT2D eigenvalue weighted by Gasteiger charge is 2.48. The van der Waals surface area contributed by atoms with Crippen molar-refractivity contribution in [3.63, 3.8) is 0 Å². The third kappa shape index (κ3) is 10.6. The molecule has 14 nitrogen and oxygen atoms in total. The second-order valence-electron chi connectivity index (χ2n) is 13.5. The van der Waals surface area contributed by atoms with E-state index in [2.05, 4.69) is 17.6 Å². The van der Waals surface area contributed by atoms with Crippen LogP contribution in [0.15, 0.2) is 18.2 Å². The first-order valence-electron chi connectivity index (χ1n) is 17.5. The molecule has 0 bridgehead atoms. The van der Waals surface area contributed by atoms with Crippen LogP contribution in [0.3, 0.4) is 0 Å². The predicted molar refractivity (Wildman–Crippen MR) is 193 cm³/mol. The van der Waals surface area contributed by atoms with Crippen LogP contribution in [-0.4, -0.2) is 151 Å². The number of rotatable bonds is 11. The molecule has 3 amide bonds. The van der Waals surface area contributed by atoms with E-state index in [0.717, 1.165) is 25.8 Å². The van der Waals surface area contributed by atoms with E-state index in [0.29, 0.717) is 43.6 Å². The lowest BCUT2D eigenvalue weighted by Gasteiger charge is -2.44. The van der Waals surface area contributed by atoms with Crippen LogP contribution in [0.25, 0.3) is 0 Å². The van der Waals surface area contributed by atoms with Crippen LogP contribution < -0.4 is 20.4 Å². The van der Waals surface area contributed by atoms with Crippen molar-refractivity contribution in [3.8, 4) is 0 Å². The summed E-state index contributed by atoms with van der Waals surface area (Å²) in [6.07, 6.45) is -1.08. The second-order valence-corrected chi connectivity index (χ2v) is 15.1. The number of aliphatic hydroxyl groups excluding tert-OH is 3. The predicted octanol–water partition coefficient (Wildman–Crippen LogP) is 1.51. The molecule has 5 N–H and O–H groups in total. The highest BCUT2D eigenvalue weighted by molar-refractivity contribution is 7.99. The summed E-state index contributed by atoms with van der Waals surface area (Å²) in [4.78, 5) is 41.2. The van der Waals surface area contributed by atoms with E-state index < -0.39 is 53.5 Å². The van der Waals surface area contributed by atoms with E-state index in [4.69, 9.17) is 25.8 Å². The van der Waals surface area contributed by atoms with Crippen molar-refractivity contribution >= 4 is 52.6 Å². The van der Waals surface area contributed by atoms with Gasteiger partial charge >= 0.3 is 6.09 Å². The Kier molecular flexibility index (Phi) is 15.4. The fourth-order valence-corrected chi connectivity index (χ4v) is 7.82. The van der Waals surface area contributed by atoms with Gasteiger partial charge < -0.3 is 45.1 Å². The minimum Gasteiger partial charge on any atom is -0.442 e. The van der Waals surface area contributed by atoms with Crippen LogP contribution in [0.1, 0.15) is 40.0 Å². The minimum atomic E-state index is -1.36. The largest absolute Gasteiger partial charge is 0.442 e. The van der Waals surface area contributed by atoms with Gasteiger partial charge in [-0.1, -0.05) is 13.3 Å². The van der Waals surface area contributed by atoms with Gasteiger partial charge in [0.05, 0.1) is 55.1 Å². The summed E-state index contributed by atoms with van der Waals surface area (Å²) in [5.74, 6) is -0.222. The van der Waals surface area contributed by atoms with Crippen LogP contribution in [0.4, 0.5) is 20.6 Å². The number of aliphatic hydroxyl groups is 3. The van der Waals surface area contributed by atoms with E-state index in [1.807, 2.05) is 16.8 Å². The molecule has 1 aromatic rings. The van der Waals surface area contributed by atoms with Crippen molar-refractivity contribution in [1.29, 1.82) is 0 Å². The molecular weight excluding hydrogens is 709 g/mol. The summed E-state index contributed by atoms with van der Waals surface area (Å²) in [5.41, 5.74) is 0.246. The molecular formula is C34H53ClFN5O9S. The Bertz CT molecular complexity index is 1330. The summed E-state index contributed by atoms with van der Waals surface area (Å²) in [6.45, 7) is 9.08. The number of morpholine rings is 1. The third-order valence-corrected chi connectivity index (χ3v) is 10.8. The number of nitrogens with one attached hydrogen (secondary N) is 2. The molecule has 288 valence electrons. The molecule has 1 aromatic carbocycles. The Morgan fingerprint density at radius 3 is 2.45 bits per heavy atom. The highest BCUT2D eigenvalue weighted by atomic mass is 35.5. The van der Waals surface area contributed by atoms with Crippen molar-refractivity contribution in [3.05, 3.63) is 24.0 Å². The molecule has 4 aliphatic heterocycles. The van der Waals surface area contributed by atoms with E-state index in [-0.39, 0.29) is 36.8 Å². The lowest BCUT2D eigenvalue weighted by Crippen LogP contribution is -2.65. The van der Waals surface area contributed by atoms with Gasteiger partial charge in [-0.15, -0.1) is 23.4 Å². The first-order chi connectivity index (χ1) is 24.2. The zero-order valence-electron chi connectivity index (χ0n) is 29.9. The number of carbonyl (C=O) groups is 3. The number of hydrogen-bond donors (Lipinski definition) is 5. The average molecular weight is 762 g/mol. The van der Waals surface area contributed by atoms with Gasteiger partial charge in [-0.2, -0.15) is 0 Å². The molecule has 0 unspecified atom stereocenters. The number of likely N-dealkylation sites (N-methyl/N-ethyl adjacent to an activating group) is 1. The Balaban J connectivity index is 0.000000230. The molecule has 0 aliphatic carbocycles. The number of halogens is 2. The number of nitrogens with zero attached hydrogens (tertiary/aromatic N) is 3. The van der Waals surface area contributed by atoms with E-state index in [1.165, 1.54) is 29.7 Å². The third-order valence-electron chi connectivity index (χ3n) is 9.68. The van der Waals surface area contributed by atoms with E-state index in [9.17, 15) is 34.1 Å². The Hall–Kier alpha value is -2.44. The van der Waals surface area contributed by atoms with Gasteiger partial charge in [-0.25, -0.2) is 9.18 Å². The van der Waals surface area contributed by atoms with Gasteiger partial charge in [-0.05, 0) is 57.2 Å². The van der Waals surface area contributed by atoms with Gasteiger partial charge in [-0.3, -0.25) is 19.4 Å². The summed E-state index contributed by atoms with van der Waals surface area (Å²) in [7, 11) is 1.94. The van der Waals surface area contributed by atoms with E-state index >= 15 is 0 Å². The lowest BCUT2D eigenvalue weighted by atomic mass is 9.92. The Morgan fingerprint density at radius 2 is 1.84 bits per heavy atom. The number of cyclic esters (lactones) is 1. The van der Waals surface area contributed by atoms with Gasteiger partial charge in [0, 0.05) is 26.6 Å². The van der Waals surface area contributed by atoms with Crippen LogP contribution in [0, 0.1) is 11.7 Å². The summed E-state index contributed by atoms with van der Waals surface area (Å²) in [6, 6.07) is 3.78. The zero-order chi connectivity index (χ0) is 37.4. The van der Waals surface area contributed by atoms with Gasteiger partial charge in [0.25, 0.3) is 0 Å². The molecule has 0 radical (unpaired) electrons. The van der Waals surface area contributed by atoms with Crippen LogP contribution >= 0.6 is 23.4 Å². The molecule has 0 aromatic heterocycles. The smallest absolute Gasteiger partial charge is 0.414 e. The first-order valence-corrected chi connectivity index (χ1v) is 19.2. The quantitative estimate of drug-likeness (QED) is 0.206. The Morgan fingerprint density at radius 1 is 1.14 bits per heavy atom. The number of hydrogen-bond acceptors (Lipinski definition) is 12. The topological polar surface area (TPSA) is 173 Å². The number of alkyl halides is 1. The van der Waals surface area contributed by atoms with Gasteiger partial charge in [0.15, 0.2) is 0 Å². The number of benzene rings is 1. The standard InChI is InChI=1S/C18H33ClN2O5S.C16H20FN3O4/c1-5-6-10-7-11(21(3)8-10)17(25)20-12(9(2)19)16-14(23)13(22)15(24)18(26-16)27-4;1-11(21)18-9-13-10-20(16(22)24-13)12-2-3-15(14(17)8-12)19-4-6-23-7-5-19/h9-16,18,22-24H,5-8H2,1-4H3,(H,20,25);2-3,8,13H,4-7,9-10H2,1H3,(H,18,21)/t9-,10+,11-,12+,13-,14+,15+,16+,18+;13-/m00/s1. The van der Waals surface area contributed by atoms with Gasteiger partial charge in [0.2, 0.25) is 11.8 Å². The molecule has 17 heteroatoms. The number of carbonyl (C=O) groups excluding carboxylic acids is 3. The number of thioether (sulfide) groups is 1. The average Bonchev–Trinajstić information content (AvgIpc) is 3.67. The number of ether oxygens (including phenoxy) is 3. The molecule has 10 atom stereocenters. The van der Waals surface area contributed by atoms with Crippen molar-refractivity contribution in [2.75, 3.05) is 69.0 Å². The highest BCUT2D eigenvalue weighted by Crippen LogP contribution is 2.32. The fraction of sp³-hybridized carbons (Fsp3) is 0.735. The monoisotopic (exact) mass is 761 g/mol. The molecule has 4 heterocycles. The maximum absolute atomic E-state index is 14.4. The summed E-state index contributed by atoms with van der Waals surface area (Å²) >= 11 is 7.55. The molecule has 4 saturated heterocycles. The fourth-order valence-electron chi connectivity index (χ4n) is 6.93. The Labute approximate surface area is 308 Å². The molecule has 0 saturated carbocycles. The second kappa shape index (κ2) is 19.1. The normalized spacial score (nSPS) is 31.0. The van der Waals surface area contributed by atoms with Crippen molar-refractivity contribution in [2.24, 2.45) is 5.92 Å². The minimum absolute atomic E-state index is 0.147. The maximum atomic E-state index is 14.4. The van der Waals surface area contributed by atoms with Crippen LogP contribution in [-0.2, 0) is 23.8 Å². The number of amides is 3. The molecule has 5 rings (SSSR count). The molecule has 51 heavy (non-hydrogen) atoms. The summed E-state index contributed by atoms with van der Waals surface area (Å²) in [5, 5.41) is 35.6. The van der Waals surface area contributed by atoms with Crippen LogP contribution in [0.2, 0.25) is 0 Å². The van der Waals surface area contributed by atoms with E-state index in [1.54, 1.807) is 25.3 Å². The molecule has 4 fully saturated rings. The zero-order valence-corrected chi connectivity index (χ0v) is 31.4. The SMILES string of the molecule is CC(=O)NC[C@H]1CN(c2ccc(N3CCOCC3)c(F)c2)C(=O)O1.CCC[C@@H]1C[C@@H](C(=O)N[C@@H]([C@H]2O[C@H](SC)[C@H](O)[C@@H](O)[C@H]2O)[C@H](C)Cl)N(C)C1.